The lowest BCUT2D eigenvalue weighted by Gasteiger charge is -2.06. The maximum Gasteiger partial charge on any atom is 0.307 e. The van der Waals surface area contributed by atoms with Crippen LogP contribution in [0.3, 0.4) is 0 Å². The van der Waals surface area contributed by atoms with Gasteiger partial charge in [-0.2, -0.15) is 0 Å². The Morgan fingerprint density at radius 2 is 2.14 bits per heavy atom. The minimum Gasteiger partial charge on any atom is -0.466 e. The fourth-order valence-corrected chi connectivity index (χ4v) is 2.13. The van der Waals surface area contributed by atoms with E-state index in [4.69, 9.17) is 4.74 Å². The van der Waals surface area contributed by atoms with Gasteiger partial charge in [0.15, 0.2) is 0 Å². The molecule has 0 bridgehead atoms. The maximum atomic E-state index is 11.9. The van der Waals surface area contributed by atoms with E-state index in [-0.39, 0.29) is 30.8 Å². The number of benzene rings is 1. The molecule has 7 nitrogen and oxygen atoms in total. The van der Waals surface area contributed by atoms with Crippen molar-refractivity contribution in [3.8, 4) is 0 Å². The molecule has 0 saturated heterocycles. The zero-order valence-corrected chi connectivity index (χ0v) is 12.6. The van der Waals surface area contributed by atoms with Crippen molar-refractivity contribution in [2.24, 2.45) is 0 Å². The Balaban J connectivity index is 2.68. The fourth-order valence-electron chi connectivity index (χ4n) is 1.59. The summed E-state index contributed by atoms with van der Waals surface area (Å²) in [5.41, 5.74) is 0.0731. The van der Waals surface area contributed by atoms with E-state index in [1.165, 1.54) is 30.0 Å². The first kappa shape index (κ1) is 17.0. The van der Waals surface area contributed by atoms with Crippen LogP contribution in [0.25, 0.3) is 0 Å². The number of carbonyl (C=O) groups is 2. The van der Waals surface area contributed by atoms with E-state index in [9.17, 15) is 19.7 Å². The van der Waals surface area contributed by atoms with Crippen molar-refractivity contribution in [1.82, 2.24) is 5.32 Å². The van der Waals surface area contributed by atoms with Crippen LogP contribution in [-0.4, -0.2) is 36.2 Å². The molecule has 0 unspecified atom stereocenters. The normalized spacial score (nSPS) is 10.0. The van der Waals surface area contributed by atoms with E-state index in [2.05, 4.69) is 5.32 Å². The van der Waals surface area contributed by atoms with Gasteiger partial charge < -0.3 is 10.1 Å². The maximum absolute atomic E-state index is 11.9. The first-order valence-corrected chi connectivity index (χ1v) is 7.48. The van der Waals surface area contributed by atoms with Crippen molar-refractivity contribution >= 4 is 29.3 Å². The number of nitro groups is 1. The largest absolute Gasteiger partial charge is 0.466 e. The summed E-state index contributed by atoms with van der Waals surface area (Å²) in [5, 5.41) is 13.5. The zero-order chi connectivity index (χ0) is 15.8. The predicted octanol–water partition coefficient (Wildman–Crippen LogP) is 2.00. The molecule has 0 radical (unpaired) electrons. The molecule has 114 valence electrons. The van der Waals surface area contributed by atoms with Crippen molar-refractivity contribution in [3.63, 3.8) is 0 Å². The van der Waals surface area contributed by atoms with Crippen LogP contribution >= 0.6 is 11.8 Å². The highest BCUT2D eigenvalue weighted by Crippen LogP contribution is 2.28. The van der Waals surface area contributed by atoms with Gasteiger partial charge in [-0.1, -0.05) is 0 Å². The molecule has 0 fully saturated rings. The number of nitrogens with one attached hydrogen (secondary N) is 1. The number of hydrogen-bond acceptors (Lipinski definition) is 6. The Bertz CT molecular complexity index is 547. The van der Waals surface area contributed by atoms with Gasteiger partial charge in [0.2, 0.25) is 0 Å². The van der Waals surface area contributed by atoms with E-state index >= 15 is 0 Å². The van der Waals surface area contributed by atoms with Gasteiger partial charge >= 0.3 is 5.97 Å². The zero-order valence-electron chi connectivity index (χ0n) is 11.8. The molecular formula is C13H16N2O5S. The molecule has 21 heavy (non-hydrogen) atoms. The Morgan fingerprint density at radius 1 is 1.43 bits per heavy atom. The molecular weight excluding hydrogens is 296 g/mol. The van der Waals surface area contributed by atoms with Crippen LogP contribution in [0.5, 0.6) is 0 Å². The summed E-state index contributed by atoms with van der Waals surface area (Å²) in [6.45, 7) is 2.10. The molecule has 0 atom stereocenters. The van der Waals surface area contributed by atoms with Crippen LogP contribution in [-0.2, 0) is 9.53 Å². The standard InChI is InChI=1S/C13H16N2O5S/c1-3-20-12(16)6-7-14-13(17)9-4-5-11(21-2)10(8-9)15(18)19/h4-5,8H,3,6-7H2,1-2H3,(H,14,17). The third-order valence-corrected chi connectivity index (χ3v) is 3.34. The number of hydrogen-bond donors (Lipinski definition) is 1. The number of carbonyl (C=O) groups excluding carboxylic acids is 2. The van der Waals surface area contributed by atoms with E-state index in [0.29, 0.717) is 4.90 Å². The van der Waals surface area contributed by atoms with Gasteiger partial charge in [-0.15, -0.1) is 11.8 Å². The summed E-state index contributed by atoms with van der Waals surface area (Å²) in [5.74, 6) is -0.864. The quantitative estimate of drug-likeness (QED) is 0.358. The van der Waals surface area contributed by atoms with E-state index < -0.39 is 16.8 Å². The molecule has 0 spiro atoms. The number of nitrogens with zero attached hydrogens (tertiary/aromatic N) is 1. The van der Waals surface area contributed by atoms with Gasteiger partial charge in [0, 0.05) is 18.2 Å². The van der Waals surface area contributed by atoms with Crippen molar-refractivity contribution in [2.45, 2.75) is 18.2 Å². The second kappa shape index (κ2) is 8.25. The molecule has 0 heterocycles. The van der Waals surface area contributed by atoms with Gasteiger partial charge in [0.05, 0.1) is 22.8 Å². The minimum absolute atomic E-state index is 0.0601. The topological polar surface area (TPSA) is 98.5 Å². The van der Waals surface area contributed by atoms with Crippen LogP contribution < -0.4 is 5.32 Å². The molecule has 1 aromatic rings. The fraction of sp³-hybridized carbons (Fsp3) is 0.385. The van der Waals surface area contributed by atoms with Crippen LogP contribution in [0.1, 0.15) is 23.7 Å². The molecule has 1 rings (SSSR count). The van der Waals surface area contributed by atoms with Crippen molar-refractivity contribution in [1.29, 1.82) is 0 Å². The average Bonchev–Trinajstić information content (AvgIpc) is 2.46. The highest BCUT2D eigenvalue weighted by molar-refractivity contribution is 7.98. The number of amides is 1. The van der Waals surface area contributed by atoms with Crippen molar-refractivity contribution in [2.75, 3.05) is 19.4 Å². The van der Waals surface area contributed by atoms with Gasteiger partial charge in [-0.25, -0.2) is 0 Å². The summed E-state index contributed by atoms with van der Waals surface area (Å²) >= 11 is 1.24. The third kappa shape index (κ3) is 5.07. The number of nitro benzene ring substituents is 1. The van der Waals surface area contributed by atoms with E-state index in [0.717, 1.165) is 0 Å². The molecule has 0 aromatic heterocycles. The minimum atomic E-state index is -0.527. The molecule has 0 aliphatic carbocycles. The lowest BCUT2D eigenvalue weighted by atomic mass is 10.2. The molecule has 1 aromatic carbocycles. The van der Waals surface area contributed by atoms with Crippen LogP contribution in [0.4, 0.5) is 5.69 Å². The average molecular weight is 312 g/mol. The Morgan fingerprint density at radius 3 is 2.71 bits per heavy atom. The summed E-state index contributed by atoms with van der Waals surface area (Å²) in [7, 11) is 0. The third-order valence-electron chi connectivity index (χ3n) is 2.56. The van der Waals surface area contributed by atoms with Gasteiger partial charge in [0.25, 0.3) is 11.6 Å². The Labute approximate surface area is 126 Å². The first-order valence-electron chi connectivity index (χ1n) is 6.25. The monoisotopic (exact) mass is 312 g/mol. The number of esters is 1. The SMILES string of the molecule is CCOC(=O)CCNC(=O)c1ccc(SC)c([N+](=O)[O-])c1. The van der Waals surface area contributed by atoms with Gasteiger partial charge in [-0.3, -0.25) is 19.7 Å². The molecule has 0 aliphatic rings. The summed E-state index contributed by atoms with van der Waals surface area (Å²) < 4.78 is 4.73. The van der Waals surface area contributed by atoms with Crippen molar-refractivity contribution < 1.29 is 19.2 Å². The first-order chi connectivity index (χ1) is 9.99. The lowest BCUT2D eigenvalue weighted by Crippen LogP contribution is -2.26. The number of thioether (sulfide) groups is 1. The van der Waals surface area contributed by atoms with Gasteiger partial charge in [-0.05, 0) is 25.3 Å². The molecule has 0 saturated carbocycles. The number of rotatable bonds is 7. The molecule has 0 aliphatic heterocycles. The second-order valence-corrected chi connectivity index (χ2v) is 4.80. The van der Waals surface area contributed by atoms with E-state index in [1.807, 2.05) is 0 Å². The predicted molar refractivity (Wildman–Crippen MR) is 78.5 cm³/mol. The van der Waals surface area contributed by atoms with E-state index in [1.54, 1.807) is 13.2 Å². The summed E-state index contributed by atoms with van der Waals surface area (Å²) in [6.07, 6.45) is 1.78. The molecule has 1 N–H and O–H groups in total. The van der Waals surface area contributed by atoms with Crippen molar-refractivity contribution in [3.05, 3.63) is 33.9 Å². The lowest BCUT2D eigenvalue weighted by molar-refractivity contribution is -0.387. The van der Waals surface area contributed by atoms with Crippen LogP contribution in [0.2, 0.25) is 0 Å². The summed E-state index contributed by atoms with van der Waals surface area (Å²) in [6, 6.07) is 4.27. The van der Waals surface area contributed by atoms with Crippen LogP contribution in [0, 0.1) is 10.1 Å². The molecule has 1 amide bonds. The highest BCUT2D eigenvalue weighted by Gasteiger charge is 2.17. The Hall–Kier alpha value is -2.09. The number of ether oxygens (including phenoxy) is 1. The highest BCUT2D eigenvalue weighted by atomic mass is 32.2. The second-order valence-electron chi connectivity index (χ2n) is 3.95. The smallest absolute Gasteiger partial charge is 0.307 e. The van der Waals surface area contributed by atoms with Crippen LogP contribution in [0.15, 0.2) is 23.1 Å². The van der Waals surface area contributed by atoms with Gasteiger partial charge in [0.1, 0.15) is 0 Å². The Kier molecular flexibility index (Phi) is 6.67. The molecule has 8 heteroatoms. The summed E-state index contributed by atoms with van der Waals surface area (Å²) in [4.78, 5) is 33.9.